The van der Waals surface area contributed by atoms with Crippen LogP contribution in [0.15, 0.2) is 28.9 Å². The summed E-state index contributed by atoms with van der Waals surface area (Å²) >= 11 is 4.83. The molecule has 1 aromatic heterocycles. The molecule has 0 aliphatic carbocycles. The highest BCUT2D eigenvalue weighted by molar-refractivity contribution is 9.10. The summed E-state index contributed by atoms with van der Waals surface area (Å²) < 4.78 is 13.8. The largest absolute Gasteiger partial charge is 0.343 e. The molecule has 106 valence electrons. The highest BCUT2D eigenvalue weighted by Crippen LogP contribution is 2.22. The Labute approximate surface area is 129 Å². The zero-order valence-corrected chi connectivity index (χ0v) is 13.5. The first-order chi connectivity index (χ1) is 9.51. The lowest BCUT2D eigenvalue weighted by atomic mass is 10.2. The van der Waals surface area contributed by atoms with Crippen LogP contribution < -0.4 is 5.32 Å². The molecule has 0 radical (unpaired) electrons. The number of carbonyl (C=O) groups excluding carboxylic acids is 1. The van der Waals surface area contributed by atoms with Crippen molar-refractivity contribution in [3.05, 3.63) is 50.1 Å². The maximum atomic E-state index is 13.2. The van der Waals surface area contributed by atoms with Gasteiger partial charge in [0.2, 0.25) is 0 Å². The van der Waals surface area contributed by atoms with Gasteiger partial charge in [-0.1, -0.05) is 6.92 Å². The molecular weight excluding hydrogens is 343 g/mol. The van der Waals surface area contributed by atoms with E-state index in [1.54, 1.807) is 11.3 Å². The van der Waals surface area contributed by atoms with Crippen molar-refractivity contribution in [3.8, 4) is 0 Å². The van der Waals surface area contributed by atoms with Gasteiger partial charge in [0.25, 0.3) is 5.91 Å². The van der Waals surface area contributed by atoms with Crippen LogP contribution in [-0.2, 0) is 6.42 Å². The van der Waals surface area contributed by atoms with Crippen molar-refractivity contribution in [2.75, 3.05) is 0 Å². The van der Waals surface area contributed by atoms with Crippen LogP contribution in [0.2, 0.25) is 0 Å². The Morgan fingerprint density at radius 2 is 2.30 bits per heavy atom. The first-order valence-corrected chi connectivity index (χ1v) is 7.82. The highest BCUT2D eigenvalue weighted by Gasteiger charge is 2.16. The Bertz CT molecular complexity index is 629. The van der Waals surface area contributed by atoms with E-state index in [1.165, 1.54) is 23.1 Å². The number of halogens is 2. The zero-order valence-electron chi connectivity index (χ0n) is 11.1. The Hall–Kier alpha value is -1.27. The van der Waals surface area contributed by atoms with Crippen LogP contribution in [0, 0.1) is 5.82 Å². The van der Waals surface area contributed by atoms with Crippen LogP contribution in [0.5, 0.6) is 0 Å². The van der Waals surface area contributed by atoms with Gasteiger partial charge in [-0.3, -0.25) is 4.79 Å². The third-order valence-electron chi connectivity index (χ3n) is 2.81. The fourth-order valence-electron chi connectivity index (χ4n) is 1.69. The van der Waals surface area contributed by atoms with Crippen LogP contribution in [0.25, 0.3) is 0 Å². The van der Waals surface area contributed by atoms with Crippen molar-refractivity contribution in [2.24, 2.45) is 0 Å². The van der Waals surface area contributed by atoms with E-state index in [4.69, 9.17) is 0 Å². The first kappa shape index (κ1) is 15.1. The van der Waals surface area contributed by atoms with E-state index in [0.29, 0.717) is 4.47 Å². The summed E-state index contributed by atoms with van der Waals surface area (Å²) in [7, 11) is 0. The van der Waals surface area contributed by atoms with E-state index in [1.807, 2.05) is 13.1 Å². The van der Waals surface area contributed by atoms with Crippen molar-refractivity contribution in [1.29, 1.82) is 0 Å². The van der Waals surface area contributed by atoms with Gasteiger partial charge in [0.15, 0.2) is 0 Å². The molecule has 0 saturated heterocycles. The van der Waals surface area contributed by atoms with Crippen molar-refractivity contribution >= 4 is 33.2 Å². The fraction of sp³-hybridized carbons (Fsp3) is 0.286. The number of nitrogens with one attached hydrogen (secondary N) is 1. The third kappa shape index (κ3) is 3.43. The number of benzene rings is 1. The Morgan fingerprint density at radius 3 is 2.95 bits per heavy atom. The highest BCUT2D eigenvalue weighted by atomic mass is 79.9. The molecule has 0 saturated carbocycles. The van der Waals surface area contributed by atoms with Gasteiger partial charge < -0.3 is 5.32 Å². The second-order valence-electron chi connectivity index (χ2n) is 4.34. The van der Waals surface area contributed by atoms with Gasteiger partial charge in [-0.25, -0.2) is 9.37 Å². The van der Waals surface area contributed by atoms with Gasteiger partial charge >= 0.3 is 0 Å². The van der Waals surface area contributed by atoms with Crippen LogP contribution in [-0.4, -0.2) is 10.9 Å². The lowest BCUT2D eigenvalue weighted by molar-refractivity contribution is 0.0938. The quantitative estimate of drug-likeness (QED) is 0.895. The number of aromatic nitrogens is 1. The molecule has 2 aromatic rings. The molecule has 1 aromatic carbocycles. The summed E-state index contributed by atoms with van der Waals surface area (Å²) in [5, 5.41) is 3.68. The normalized spacial score (nSPS) is 12.2. The molecule has 2 rings (SSSR count). The number of hydrogen-bond acceptors (Lipinski definition) is 3. The third-order valence-corrected chi connectivity index (χ3v) is 4.83. The number of carbonyl (C=O) groups is 1. The monoisotopic (exact) mass is 356 g/mol. The standard InChI is InChI=1S/C14H14BrFN2OS/c1-3-10-7-17-14(20-10)8(2)18-13(19)11-6-9(16)4-5-12(11)15/h4-8H,3H2,1-2H3,(H,18,19). The van der Waals surface area contributed by atoms with Gasteiger partial charge in [-0.05, 0) is 47.5 Å². The van der Waals surface area contributed by atoms with Crippen molar-refractivity contribution in [3.63, 3.8) is 0 Å². The smallest absolute Gasteiger partial charge is 0.253 e. The molecule has 20 heavy (non-hydrogen) atoms. The molecule has 0 spiro atoms. The molecule has 0 bridgehead atoms. The molecule has 1 N–H and O–H groups in total. The summed E-state index contributed by atoms with van der Waals surface area (Å²) in [6.45, 7) is 3.92. The number of nitrogens with zero attached hydrogens (tertiary/aromatic N) is 1. The number of rotatable bonds is 4. The molecular formula is C14H14BrFN2OS. The molecule has 0 fully saturated rings. The Morgan fingerprint density at radius 1 is 1.55 bits per heavy atom. The van der Waals surface area contributed by atoms with E-state index in [9.17, 15) is 9.18 Å². The Balaban J connectivity index is 2.12. The minimum atomic E-state index is -0.437. The van der Waals surface area contributed by atoms with Gasteiger partial charge in [-0.15, -0.1) is 11.3 Å². The topological polar surface area (TPSA) is 42.0 Å². The molecule has 1 heterocycles. The van der Waals surface area contributed by atoms with E-state index >= 15 is 0 Å². The van der Waals surface area contributed by atoms with Crippen molar-refractivity contribution < 1.29 is 9.18 Å². The maximum absolute atomic E-state index is 13.2. The molecule has 6 heteroatoms. The Kier molecular flexibility index (Phi) is 4.88. The summed E-state index contributed by atoms with van der Waals surface area (Å²) in [5.41, 5.74) is 0.282. The first-order valence-electron chi connectivity index (χ1n) is 6.21. The van der Waals surface area contributed by atoms with E-state index in [-0.39, 0.29) is 17.5 Å². The average molecular weight is 357 g/mol. The maximum Gasteiger partial charge on any atom is 0.253 e. The molecule has 1 atom stereocenters. The lowest BCUT2D eigenvalue weighted by Gasteiger charge is -2.12. The minimum Gasteiger partial charge on any atom is -0.343 e. The van der Waals surface area contributed by atoms with E-state index in [2.05, 4.69) is 33.2 Å². The van der Waals surface area contributed by atoms with Crippen molar-refractivity contribution in [1.82, 2.24) is 10.3 Å². The number of amides is 1. The summed E-state index contributed by atoms with van der Waals surface area (Å²) in [6, 6.07) is 3.83. The second-order valence-corrected chi connectivity index (χ2v) is 6.34. The minimum absolute atomic E-state index is 0.206. The predicted octanol–water partition coefficient (Wildman–Crippen LogP) is 4.10. The SMILES string of the molecule is CCc1cnc(C(C)NC(=O)c2cc(F)ccc2Br)s1. The van der Waals surface area contributed by atoms with Crippen LogP contribution in [0.4, 0.5) is 4.39 Å². The molecule has 3 nitrogen and oxygen atoms in total. The van der Waals surface area contributed by atoms with Crippen LogP contribution >= 0.6 is 27.3 Å². The van der Waals surface area contributed by atoms with Gasteiger partial charge in [0, 0.05) is 15.5 Å². The molecule has 1 unspecified atom stereocenters. The number of aryl methyl sites for hydroxylation is 1. The number of hydrogen-bond donors (Lipinski definition) is 1. The molecule has 0 aliphatic heterocycles. The van der Waals surface area contributed by atoms with Crippen molar-refractivity contribution in [2.45, 2.75) is 26.3 Å². The zero-order chi connectivity index (χ0) is 14.7. The van der Waals surface area contributed by atoms with Gasteiger partial charge in [0.1, 0.15) is 10.8 Å². The van der Waals surface area contributed by atoms with Crippen LogP contribution in [0.1, 0.15) is 40.1 Å². The van der Waals surface area contributed by atoms with E-state index in [0.717, 1.165) is 11.4 Å². The molecule has 0 aliphatic rings. The summed E-state index contributed by atoms with van der Waals surface area (Å²) in [5.74, 6) is -0.759. The van der Waals surface area contributed by atoms with Crippen LogP contribution in [0.3, 0.4) is 0 Å². The number of thiazole rings is 1. The van der Waals surface area contributed by atoms with Gasteiger partial charge in [-0.2, -0.15) is 0 Å². The summed E-state index contributed by atoms with van der Waals surface area (Å²) in [4.78, 5) is 17.6. The second kappa shape index (κ2) is 6.45. The molecule has 1 amide bonds. The fourth-order valence-corrected chi connectivity index (χ4v) is 2.98. The predicted molar refractivity (Wildman–Crippen MR) is 81.5 cm³/mol. The lowest BCUT2D eigenvalue weighted by Crippen LogP contribution is -2.27. The average Bonchev–Trinajstić information content (AvgIpc) is 2.90. The van der Waals surface area contributed by atoms with E-state index < -0.39 is 5.82 Å². The van der Waals surface area contributed by atoms with Gasteiger partial charge in [0.05, 0.1) is 11.6 Å². The summed E-state index contributed by atoms with van der Waals surface area (Å²) in [6.07, 6.45) is 2.74.